The Kier molecular flexibility index (Phi) is 7.25. The lowest BCUT2D eigenvalue weighted by molar-refractivity contribution is -0.201. The number of allylic oxidation sites excluding steroid dienone is 4. The van der Waals surface area contributed by atoms with Crippen molar-refractivity contribution in [2.45, 2.75) is 97.2 Å². The van der Waals surface area contributed by atoms with Gasteiger partial charge in [-0.05, 0) is 56.1 Å². The predicted octanol–water partition coefficient (Wildman–Crippen LogP) is 3.47. The number of hydrogen-bond donors (Lipinski definition) is 2. The van der Waals surface area contributed by atoms with Gasteiger partial charge in [-0.1, -0.05) is 52.7 Å². The van der Waals surface area contributed by atoms with Crippen LogP contribution >= 0.6 is 0 Å². The van der Waals surface area contributed by atoms with Gasteiger partial charge in [0.2, 0.25) is 5.91 Å². The summed E-state index contributed by atoms with van der Waals surface area (Å²) in [5, 5.41) is 14.5. The Morgan fingerprint density at radius 1 is 1.29 bits per heavy atom. The SMILES string of the molecule is CCCC1O[C@@H]2C[C@H]3[C@@H]4CCC5=CC(=O)C=C[C@]5(C)[C@H]4[C@@H](O)C[C@]3(C)[C@]2(C(=O)COCNC(=O)C(C)C)O1. The lowest BCUT2D eigenvalue weighted by Crippen LogP contribution is -2.63. The Balaban J connectivity index is 1.43. The summed E-state index contributed by atoms with van der Waals surface area (Å²) in [6, 6.07) is 0. The van der Waals surface area contributed by atoms with Crippen LogP contribution in [0.25, 0.3) is 0 Å². The molecule has 38 heavy (non-hydrogen) atoms. The van der Waals surface area contributed by atoms with Gasteiger partial charge in [0.05, 0.1) is 12.2 Å². The summed E-state index contributed by atoms with van der Waals surface area (Å²) in [4.78, 5) is 38.1. The zero-order chi connectivity index (χ0) is 27.5. The first-order chi connectivity index (χ1) is 18.0. The Bertz CT molecular complexity index is 1050. The van der Waals surface area contributed by atoms with Gasteiger partial charge in [-0.15, -0.1) is 0 Å². The smallest absolute Gasteiger partial charge is 0.224 e. The number of ether oxygens (including phenoxy) is 3. The first-order valence-corrected chi connectivity index (χ1v) is 14.3. The molecule has 210 valence electrons. The highest BCUT2D eigenvalue weighted by Crippen LogP contribution is 2.69. The standard InChI is InChI=1S/C30H43NO7/c1-6-7-25-37-24-13-21-20-9-8-18-12-19(32)10-11-28(18,4)26(20)22(33)14-29(21,5)30(24,38-25)23(34)15-36-16-31-27(35)17(2)3/h10-12,17,20-22,24-26,33H,6-9,13-16H2,1-5H3,(H,31,35)/t20-,21-,22-,24+,25?,26+,28-,29-,30+/m0/s1. The zero-order valence-electron chi connectivity index (χ0n) is 23.3. The van der Waals surface area contributed by atoms with Gasteiger partial charge in [0.1, 0.15) is 13.3 Å². The third kappa shape index (κ3) is 4.05. The minimum atomic E-state index is -1.21. The van der Waals surface area contributed by atoms with Crippen molar-refractivity contribution < 1.29 is 33.7 Å². The number of aliphatic hydroxyl groups is 1. The van der Waals surface area contributed by atoms with Gasteiger partial charge in [-0.3, -0.25) is 14.4 Å². The number of hydrogen-bond acceptors (Lipinski definition) is 7. The second kappa shape index (κ2) is 9.95. The molecule has 0 bridgehead atoms. The molecule has 2 N–H and O–H groups in total. The van der Waals surface area contributed by atoms with Crippen LogP contribution < -0.4 is 5.32 Å². The highest BCUT2D eigenvalue weighted by Gasteiger charge is 2.75. The summed E-state index contributed by atoms with van der Waals surface area (Å²) >= 11 is 0. The molecule has 9 atom stereocenters. The number of carbonyl (C=O) groups excluding carboxylic acids is 3. The van der Waals surface area contributed by atoms with Crippen molar-refractivity contribution in [1.29, 1.82) is 0 Å². The summed E-state index contributed by atoms with van der Waals surface area (Å²) in [6.45, 7) is 9.66. The summed E-state index contributed by atoms with van der Waals surface area (Å²) in [5.74, 6) is -0.219. The Morgan fingerprint density at radius 3 is 2.76 bits per heavy atom. The van der Waals surface area contributed by atoms with Crippen molar-refractivity contribution in [3.8, 4) is 0 Å². The Morgan fingerprint density at radius 2 is 2.05 bits per heavy atom. The Hall–Kier alpha value is -1.87. The molecule has 8 nitrogen and oxygen atoms in total. The van der Waals surface area contributed by atoms with Gasteiger partial charge < -0.3 is 24.6 Å². The second-order valence-corrected chi connectivity index (χ2v) is 12.8. The number of Topliss-reactive ketones (excluding diaryl/α,β-unsaturated/α-hetero) is 1. The van der Waals surface area contributed by atoms with Crippen LogP contribution in [0.3, 0.4) is 0 Å². The predicted molar refractivity (Wildman–Crippen MR) is 140 cm³/mol. The maximum absolute atomic E-state index is 14.0. The summed E-state index contributed by atoms with van der Waals surface area (Å²) in [5.41, 5.74) is -1.11. The van der Waals surface area contributed by atoms with E-state index >= 15 is 0 Å². The first kappa shape index (κ1) is 27.7. The molecule has 1 saturated heterocycles. The fourth-order valence-electron chi connectivity index (χ4n) is 8.58. The van der Waals surface area contributed by atoms with E-state index in [9.17, 15) is 19.5 Å². The summed E-state index contributed by atoms with van der Waals surface area (Å²) in [6.07, 6.45) is 8.18. The largest absolute Gasteiger partial charge is 0.393 e. The monoisotopic (exact) mass is 529 g/mol. The first-order valence-electron chi connectivity index (χ1n) is 14.3. The van der Waals surface area contributed by atoms with Crippen LogP contribution in [0, 0.1) is 34.5 Å². The van der Waals surface area contributed by atoms with Crippen molar-refractivity contribution in [3.05, 3.63) is 23.8 Å². The molecule has 0 spiro atoms. The maximum atomic E-state index is 14.0. The van der Waals surface area contributed by atoms with Crippen molar-refractivity contribution in [2.24, 2.45) is 34.5 Å². The number of fused-ring (bicyclic) bond motifs is 7. The van der Waals surface area contributed by atoms with E-state index in [1.807, 2.05) is 6.08 Å². The molecule has 1 amide bonds. The van der Waals surface area contributed by atoms with Crippen molar-refractivity contribution >= 4 is 17.5 Å². The third-order valence-corrected chi connectivity index (χ3v) is 10.3. The van der Waals surface area contributed by atoms with Crippen LogP contribution in [-0.2, 0) is 28.6 Å². The van der Waals surface area contributed by atoms with Crippen molar-refractivity contribution in [1.82, 2.24) is 5.32 Å². The summed E-state index contributed by atoms with van der Waals surface area (Å²) in [7, 11) is 0. The highest BCUT2D eigenvalue weighted by molar-refractivity contribution is 6.01. The van der Waals surface area contributed by atoms with E-state index in [-0.39, 0.29) is 59.9 Å². The number of amides is 1. The zero-order valence-corrected chi connectivity index (χ0v) is 23.3. The number of aliphatic hydroxyl groups excluding tert-OH is 1. The van der Waals surface area contributed by atoms with Crippen LogP contribution in [0.4, 0.5) is 0 Å². The molecule has 1 unspecified atom stereocenters. The van der Waals surface area contributed by atoms with Crippen molar-refractivity contribution in [2.75, 3.05) is 13.3 Å². The topological polar surface area (TPSA) is 111 Å². The minimum Gasteiger partial charge on any atom is -0.393 e. The lowest BCUT2D eigenvalue weighted by atomic mass is 9.46. The van der Waals surface area contributed by atoms with E-state index in [2.05, 4.69) is 26.1 Å². The van der Waals surface area contributed by atoms with Crippen LogP contribution in [0.2, 0.25) is 0 Å². The van der Waals surface area contributed by atoms with Crippen molar-refractivity contribution in [3.63, 3.8) is 0 Å². The maximum Gasteiger partial charge on any atom is 0.224 e. The molecule has 8 heteroatoms. The average molecular weight is 530 g/mol. The van der Waals surface area contributed by atoms with E-state index in [0.717, 1.165) is 24.8 Å². The second-order valence-electron chi connectivity index (χ2n) is 12.8. The van der Waals surface area contributed by atoms with E-state index in [1.54, 1.807) is 26.0 Å². The number of ketones is 2. The van der Waals surface area contributed by atoms with Gasteiger partial charge >= 0.3 is 0 Å². The van der Waals surface area contributed by atoms with E-state index in [0.29, 0.717) is 19.3 Å². The molecule has 4 fully saturated rings. The van der Waals surface area contributed by atoms with E-state index in [4.69, 9.17) is 14.2 Å². The molecule has 0 aromatic heterocycles. The third-order valence-electron chi connectivity index (χ3n) is 10.3. The fourth-order valence-corrected chi connectivity index (χ4v) is 8.58. The molecule has 3 saturated carbocycles. The minimum absolute atomic E-state index is 0.0133. The number of carbonyl (C=O) groups is 3. The average Bonchev–Trinajstić information content (AvgIpc) is 3.34. The number of rotatable bonds is 8. The van der Waals surface area contributed by atoms with Crippen LogP contribution in [0.1, 0.15) is 73.1 Å². The quantitative estimate of drug-likeness (QED) is 0.366. The normalized spacial score (nSPS) is 43.2. The van der Waals surface area contributed by atoms with Gasteiger partial charge in [-0.2, -0.15) is 0 Å². The van der Waals surface area contributed by atoms with Crippen LogP contribution in [0.15, 0.2) is 23.8 Å². The molecule has 1 heterocycles. The molecule has 1 aliphatic heterocycles. The van der Waals surface area contributed by atoms with Gasteiger partial charge in [0, 0.05) is 22.7 Å². The fraction of sp³-hybridized carbons (Fsp3) is 0.767. The van der Waals surface area contributed by atoms with Crippen LogP contribution in [0.5, 0.6) is 0 Å². The number of nitrogens with one attached hydrogen (secondary N) is 1. The molecule has 5 aliphatic rings. The van der Waals surface area contributed by atoms with E-state index < -0.39 is 29.5 Å². The molecular formula is C30H43NO7. The Labute approximate surface area is 225 Å². The van der Waals surface area contributed by atoms with Gasteiger partial charge in [-0.25, -0.2) is 0 Å². The molecule has 0 aromatic rings. The van der Waals surface area contributed by atoms with Gasteiger partial charge in [0.15, 0.2) is 23.5 Å². The lowest BCUT2D eigenvalue weighted by Gasteiger charge is -2.59. The molecule has 5 rings (SSSR count). The van der Waals surface area contributed by atoms with Gasteiger partial charge in [0.25, 0.3) is 0 Å². The molecule has 0 aromatic carbocycles. The van der Waals surface area contributed by atoms with Crippen LogP contribution in [-0.4, -0.2) is 60.0 Å². The molecule has 4 aliphatic carbocycles. The summed E-state index contributed by atoms with van der Waals surface area (Å²) < 4.78 is 18.7. The molecule has 0 radical (unpaired) electrons. The highest BCUT2D eigenvalue weighted by atomic mass is 16.7. The van der Waals surface area contributed by atoms with E-state index in [1.165, 1.54) is 0 Å². The molecular weight excluding hydrogens is 486 g/mol.